The van der Waals surface area contributed by atoms with Crippen LogP contribution in [0.4, 0.5) is 5.69 Å². The van der Waals surface area contributed by atoms with Crippen molar-refractivity contribution in [3.8, 4) is 0 Å². The molecule has 9 heteroatoms. The third-order valence-electron chi connectivity index (χ3n) is 4.93. The minimum absolute atomic E-state index is 0.00341. The summed E-state index contributed by atoms with van der Waals surface area (Å²) in [6.07, 6.45) is 4.84. The Kier molecular flexibility index (Phi) is 6.45. The molecule has 28 heavy (non-hydrogen) atoms. The van der Waals surface area contributed by atoms with E-state index in [-0.39, 0.29) is 18.6 Å². The molecule has 1 aliphatic rings. The maximum absolute atomic E-state index is 12.4. The van der Waals surface area contributed by atoms with Crippen LogP contribution in [0, 0.1) is 0 Å². The molecule has 1 fully saturated rings. The third-order valence-corrected chi connectivity index (χ3v) is 4.93. The van der Waals surface area contributed by atoms with Crippen molar-refractivity contribution in [2.75, 3.05) is 38.7 Å². The van der Waals surface area contributed by atoms with Gasteiger partial charge in [0.25, 0.3) is 0 Å². The summed E-state index contributed by atoms with van der Waals surface area (Å²) in [6.45, 7) is 6.16. The standard InChI is InChI=1S/C19H27N5O4/c1-4-24-18-14(11-21-24)17(15(10-20-18)19(26)28-5-2)22-13-6-8-23(9-7-13)16(25)12-27-3/h10-11,13H,4-9,12H2,1-3H3,(H,20,22). The largest absolute Gasteiger partial charge is 0.462 e. The van der Waals surface area contributed by atoms with Crippen molar-refractivity contribution >= 4 is 28.6 Å². The molecule has 0 atom stereocenters. The van der Waals surface area contributed by atoms with Gasteiger partial charge in [-0.2, -0.15) is 5.10 Å². The van der Waals surface area contributed by atoms with E-state index in [0.29, 0.717) is 37.5 Å². The fourth-order valence-electron chi connectivity index (χ4n) is 3.47. The van der Waals surface area contributed by atoms with Crippen molar-refractivity contribution in [3.63, 3.8) is 0 Å². The quantitative estimate of drug-likeness (QED) is 0.719. The molecule has 3 rings (SSSR count). The molecule has 0 saturated carbocycles. The Labute approximate surface area is 164 Å². The summed E-state index contributed by atoms with van der Waals surface area (Å²) in [7, 11) is 1.52. The van der Waals surface area contributed by atoms with Gasteiger partial charge in [0.2, 0.25) is 5.91 Å². The van der Waals surface area contributed by atoms with E-state index in [1.165, 1.54) is 7.11 Å². The zero-order valence-electron chi connectivity index (χ0n) is 16.6. The fraction of sp³-hybridized carbons (Fsp3) is 0.579. The molecule has 1 N–H and O–H groups in total. The topological polar surface area (TPSA) is 98.6 Å². The second-order valence-corrected chi connectivity index (χ2v) is 6.70. The number of rotatable bonds is 7. The number of hydrogen-bond acceptors (Lipinski definition) is 7. The van der Waals surface area contributed by atoms with Crippen molar-refractivity contribution in [1.82, 2.24) is 19.7 Å². The van der Waals surface area contributed by atoms with Crippen LogP contribution in [0.5, 0.6) is 0 Å². The average Bonchev–Trinajstić information content (AvgIpc) is 3.12. The predicted molar refractivity (Wildman–Crippen MR) is 104 cm³/mol. The molecule has 1 saturated heterocycles. The SMILES string of the molecule is CCOC(=O)c1cnc2c(cnn2CC)c1NC1CCN(C(=O)COC)CC1. The highest BCUT2D eigenvalue weighted by atomic mass is 16.5. The number of nitrogens with one attached hydrogen (secondary N) is 1. The van der Waals surface area contributed by atoms with Crippen molar-refractivity contribution in [2.24, 2.45) is 0 Å². The summed E-state index contributed by atoms with van der Waals surface area (Å²) in [6, 6.07) is 0.135. The summed E-state index contributed by atoms with van der Waals surface area (Å²) in [5.41, 5.74) is 1.83. The fourth-order valence-corrected chi connectivity index (χ4v) is 3.47. The molecule has 0 unspecified atom stereocenters. The lowest BCUT2D eigenvalue weighted by Crippen LogP contribution is -2.43. The molecule has 152 valence electrons. The van der Waals surface area contributed by atoms with Crippen LogP contribution in [0.15, 0.2) is 12.4 Å². The number of fused-ring (bicyclic) bond motifs is 1. The number of aryl methyl sites for hydroxylation is 1. The van der Waals surface area contributed by atoms with Gasteiger partial charge in [0, 0.05) is 39.0 Å². The number of hydrogen-bond donors (Lipinski definition) is 1. The first kappa shape index (κ1) is 20.1. The number of piperidine rings is 1. The van der Waals surface area contributed by atoms with Crippen LogP contribution in [0.1, 0.15) is 37.0 Å². The van der Waals surface area contributed by atoms with Crippen LogP contribution in [-0.4, -0.2) is 71.0 Å². The number of pyridine rings is 1. The summed E-state index contributed by atoms with van der Waals surface area (Å²) in [4.78, 5) is 30.7. The molecular formula is C19H27N5O4. The molecule has 3 heterocycles. The van der Waals surface area contributed by atoms with Crippen LogP contribution < -0.4 is 5.32 Å². The maximum Gasteiger partial charge on any atom is 0.341 e. The summed E-state index contributed by atoms with van der Waals surface area (Å²) in [5, 5.41) is 8.66. The number of likely N-dealkylation sites (tertiary alicyclic amines) is 1. The number of anilines is 1. The van der Waals surface area contributed by atoms with Crippen LogP contribution in [-0.2, 0) is 20.8 Å². The van der Waals surface area contributed by atoms with Gasteiger partial charge in [-0.25, -0.2) is 14.5 Å². The molecular weight excluding hydrogens is 362 g/mol. The summed E-state index contributed by atoms with van der Waals surface area (Å²) >= 11 is 0. The van der Waals surface area contributed by atoms with E-state index in [0.717, 1.165) is 23.9 Å². The Morgan fingerprint density at radius 2 is 2.00 bits per heavy atom. The molecule has 0 aromatic carbocycles. The van der Waals surface area contributed by atoms with E-state index in [1.54, 1.807) is 24.0 Å². The van der Waals surface area contributed by atoms with Crippen molar-refractivity contribution < 1.29 is 19.1 Å². The van der Waals surface area contributed by atoms with E-state index < -0.39 is 5.97 Å². The molecule has 2 aromatic rings. The lowest BCUT2D eigenvalue weighted by atomic mass is 10.0. The number of nitrogens with zero attached hydrogens (tertiary/aromatic N) is 4. The summed E-state index contributed by atoms with van der Waals surface area (Å²) < 4.78 is 11.9. The Morgan fingerprint density at radius 1 is 1.25 bits per heavy atom. The molecule has 0 spiro atoms. The highest BCUT2D eigenvalue weighted by molar-refractivity contribution is 6.04. The monoisotopic (exact) mass is 389 g/mol. The van der Waals surface area contributed by atoms with Gasteiger partial charge < -0.3 is 19.7 Å². The predicted octanol–water partition coefficient (Wildman–Crippen LogP) is 1.68. The van der Waals surface area contributed by atoms with Crippen molar-refractivity contribution in [2.45, 2.75) is 39.3 Å². The van der Waals surface area contributed by atoms with Crippen LogP contribution in [0.2, 0.25) is 0 Å². The lowest BCUT2D eigenvalue weighted by Gasteiger charge is -2.33. The first-order valence-electron chi connectivity index (χ1n) is 9.63. The minimum Gasteiger partial charge on any atom is -0.462 e. The second-order valence-electron chi connectivity index (χ2n) is 6.70. The number of amides is 1. The molecule has 0 aliphatic carbocycles. The minimum atomic E-state index is -0.406. The average molecular weight is 389 g/mol. The molecule has 1 aliphatic heterocycles. The highest BCUT2D eigenvalue weighted by Crippen LogP contribution is 2.29. The van der Waals surface area contributed by atoms with Gasteiger partial charge in [0.05, 0.1) is 23.9 Å². The van der Waals surface area contributed by atoms with E-state index in [9.17, 15) is 9.59 Å². The summed E-state index contributed by atoms with van der Waals surface area (Å²) in [5.74, 6) is -0.403. The molecule has 2 aromatic heterocycles. The van der Waals surface area contributed by atoms with Crippen LogP contribution >= 0.6 is 0 Å². The van der Waals surface area contributed by atoms with E-state index in [4.69, 9.17) is 9.47 Å². The number of ether oxygens (including phenoxy) is 2. The molecule has 1 amide bonds. The van der Waals surface area contributed by atoms with E-state index in [1.807, 2.05) is 11.8 Å². The lowest BCUT2D eigenvalue weighted by molar-refractivity contribution is -0.136. The van der Waals surface area contributed by atoms with Crippen LogP contribution in [0.3, 0.4) is 0 Å². The van der Waals surface area contributed by atoms with Gasteiger partial charge in [-0.05, 0) is 26.7 Å². The van der Waals surface area contributed by atoms with E-state index in [2.05, 4.69) is 15.4 Å². The van der Waals surface area contributed by atoms with Crippen molar-refractivity contribution in [3.05, 3.63) is 18.0 Å². The normalized spacial score (nSPS) is 15.0. The van der Waals surface area contributed by atoms with Gasteiger partial charge >= 0.3 is 5.97 Å². The maximum atomic E-state index is 12.4. The van der Waals surface area contributed by atoms with Crippen molar-refractivity contribution in [1.29, 1.82) is 0 Å². The molecule has 0 bridgehead atoms. The number of aromatic nitrogens is 3. The molecule has 0 radical (unpaired) electrons. The Morgan fingerprint density at radius 3 is 2.64 bits per heavy atom. The Bertz CT molecular complexity index is 842. The van der Waals surface area contributed by atoms with Crippen LogP contribution in [0.25, 0.3) is 11.0 Å². The zero-order valence-corrected chi connectivity index (χ0v) is 16.6. The van der Waals surface area contributed by atoms with Gasteiger partial charge in [-0.15, -0.1) is 0 Å². The smallest absolute Gasteiger partial charge is 0.341 e. The van der Waals surface area contributed by atoms with Gasteiger partial charge in [0.1, 0.15) is 12.2 Å². The Balaban J connectivity index is 1.83. The first-order chi connectivity index (χ1) is 13.6. The van der Waals surface area contributed by atoms with E-state index >= 15 is 0 Å². The second kappa shape index (κ2) is 9.01. The van der Waals surface area contributed by atoms with Gasteiger partial charge in [-0.1, -0.05) is 0 Å². The number of carbonyl (C=O) groups excluding carboxylic acids is 2. The molecule has 9 nitrogen and oxygen atoms in total. The highest BCUT2D eigenvalue weighted by Gasteiger charge is 2.26. The number of esters is 1. The third kappa shape index (κ3) is 4.09. The zero-order chi connectivity index (χ0) is 20.1. The number of methoxy groups -OCH3 is 1. The van der Waals surface area contributed by atoms with Gasteiger partial charge in [0.15, 0.2) is 5.65 Å². The number of carbonyl (C=O) groups is 2. The van der Waals surface area contributed by atoms with Gasteiger partial charge in [-0.3, -0.25) is 4.79 Å². The first-order valence-corrected chi connectivity index (χ1v) is 9.63. The Hall–Kier alpha value is -2.68.